The second kappa shape index (κ2) is 9.79. The van der Waals surface area contributed by atoms with Gasteiger partial charge in [0.05, 0.1) is 11.9 Å². The van der Waals surface area contributed by atoms with E-state index in [1.807, 2.05) is 86.6 Å². The van der Waals surface area contributed by atoms with Crippen LogP contribution < -0.4 is 4.31 Å². The summed E-state index contributed by atoms with van der Waals surface area (Å²) >= 11 is 0. The number of carbonyl (C=O) groups is 1. The van der Waals surface area contributed by atoms with E-state index in [0.29, 0.717) is 18.8 Å². The zero-order valence-electron chi connectivity index (χ0n) is 18.2. The van der Waals surface area contributed by atoms with Crippen LogP contribution in [0.5, 0.6) is 0 Å². The summed E-state index contributed by atoms with van der Waals surface area (Å²) in [5, 5.41) is 0. The first-order valence-electron chi connectivity index (χ1n) is 10.1. The maximum absolute atomic E-state index is 13.4. The fourth-order valence-corrected chi connectivity index (χ4v) is 4.44. The van der Waals surface area contributed by atoms with Crippen molar-refractivity contribution >= 4 is 21.6 Å². The van der Waals surface area contributed by atoms with Crippen molar-refractivity contribution in [2.24, 2.45) is 0 Å². The van der Waals surface area contributed by atoms with Crippen LogP contribution in [0.15, 0.2) is 78.9 Å². The Kier molecular flexibility index (Phi) is 7.13. The van der Waals surface area contributed by atoms with Gasteiger partial charge in [0.1, 0.15) is 6.54 Å². The summed E-state index contributed by atoms with van der Waals surface area (Å²) in [4.78, 5) is 15.1. The number of anilines is 1. The maximum Gasteiger partial charge on any atom is 0.243 e. The van der Waals surface area contributed by atoms with Gasteiger partial charge in [-0.1, -0.05) is 78.4 Å². The first-order chi connectivity index (χ1) is 14.7. The van der Waals surface area contributed by atoms with Crippen molar-refractivity contribution in [2.45, 2.75) is 26.9 Å². The largest absolute Gasteiger partial charge is 0.332 e. The van der Waals surface area contributed by atoms with Gasteiger partial charge in [0.2, 0.25) is 15.9 Å². The Balaban J connectivity index is 1.90. The summed E-state index contributed by atoms with van der Waals surface area (Å²) in [7, 11) is -3.64. The quantitative estimate of drug-likeness (QED) is 0.529. The highest BCUT2D eigenvalue weighted by Crippen LogP contribution is 2.24. The lowest BCUT2D eigenvalue weighted by Gasteiger charge is -2.29. The van der Waals surface area contributed by atoms with Crippen molar-refractivity contribution in [2.75, 3.05) is 17.1 Å². The molecule has 3 rings (SSSR count). The monoisotopic (exact) mass is 436 g/mol. The highest BCUT2D eigenvalue weighted by atomic mass is 32.2. The molecule has 0 aliphatic carbocycles. The third kappa shape index (κ3) is 6.18. The molecule has 0 bridgehead atoms. The highest BCUT2D eigenvalue weighted by Gasteiger charge is 2.25. The number of benzene rings is 3. The van der Waals surface area contributed by atoms with E-state index < -0.39 is 10.0 Å². The number of carbonyl (C=O) groups excluding carboxylic acids is 1. The van der Waals surface area contributed by atoms with Crippen LogP contribution >= 0.6 is 0 Å². The maximum atomic E-state index is 13.4. The number of aryl methyl sites for hydroxylation is 2. The molecule has 0 unspecified atom stereocenters. The lowest BCUT2D eigenvalue weighted by Crippen LogP contribution is -2.42. The Morgan fingerprint density at radius 1 is 0.806 bits per heavy atom. The standard InChI is InChI=1S/C25H28N2O3S/c1-20-14-15-24(21(2)16-20)27(31(3,29)30)19-25(28)26(17-22-10-6-4-7-11-22)18-23-12-8-5-9-13-23/h4-16H,17-19H2,1-3H3. The van der Waals surface area contributed by atoms with Crippen molar-refractivity contribution in [3.05, 3.63) is 101 Å². The molecule has 3 aromatic rings. The van der Waals surface area contributed by atoms with E-state index in [1.54, 1.807) is 11.0 Å². The number of hydrogen-bond acceptors (Lipinski definition) is 3. The van der Waals surface area contributed by atoms with E-state index in [9.17, 15) is 13.2 Å². The van der Waals surface area contributed by atoms with E-state index in [0.717, 1.165) is 28.5 Å². The third-order valence-electron chi connectivity index (χ3n) is 5.09. The Labute approximate surface area is 185 Å². The average Bonchev–Trinajstić information content (AvgIpc) is 2.73. The van der Waals surface area contributed by atoms with Crippen LogP contribution in [-0.2, 0) is 27.9 Å². The van der Waals surface area contributed by atoms with Gasteiger partial charge >= 0.3 is 0 Å². The molecule has 0 N–H and O–H groups in total. The van der Waals surface area contributed by atoms with Gasteiger partial charge in [-0.05, 0) is 36.6 Å². The fourth-order valence-electron chi connectivity index (χ4n) is 3.53. The predicted molar refractivity (Wildman–Crippen MR) is 125 cm³/mol. The minimum Gasteiger partial charge on any atom is -0.332 e. The molecule has 3 aromatic carbocycles. The van der Waals surface area contributed by atoms with E-state index in [1.165, 1.54) is 4.31 Å². The molecule has 0 aliphatic rings. The lowest BCUT2D eigenvalue weighted by atomic mass is 10.1. The Morgan fingerprint density at radius 3 is 1.77 bits per heavy atom. The Hall–Kier alpha value is -3.12. The molecule has 0 radical (unpaired) electrons. The van der Waals surface area contributed by atoms with Crippen molar-refractivity contribution in [1.29, 1.82) is 0 Å². The van der Waals surface area contributed by atoms with Gasteiger partial charge in [0.25, 0.3) is 0 Å². The first-order valence-corrected chi connectivity index (χ1v) is 12.0. The van der Waals surface area contributed by atoms with Crippen LogP contribution in [0.1, 0.15) is 22.3 Å². The van der Waals surface area contributed by atoms with Gasteiger partial charge in [-0.2, -0.15) is 0 Å². The van der Waals surface area contributed by atoms with E-state index in [-0.39, 0.29) is 12.5 Å². The Morgan fingerprint density at radius 2 is 1.32 bits per heavy atom. The summed E-state index contributed by atoms with van der Waals surface area (Å²) in [5.74, 6) is -0.252. The normalized spacial score (nSPS) is 11.2. The molecule has 162 valence electrons. The second-order valence-electron chi connectivity index (χ2n) is 7.78. The third-order valence-corrected chi connectivity index (χ3v) is 6.21. The van der Waals surface area contributed by atoms with Crippen molar-refractivity contribution in [3.63, 3.8) is 0 Å². The summed E-state index contributed by atoms with van der Waals surface area (Å²) in [5.41, 5.74) is 4.36. The predicted octanol–water partition coefficient (Wildman–Crippen LogP) is 4.30. The molecule has 31 heavy (non-hydrogen) atoms. The van der Waals surface area contributed by atoms with Gasteiger partial charge in [0, 0.05) is 13.1 Å². The molecule has 0 saturated carbocycles. The lowest BCUT2D eigenvalue weighted by molar-refractivity contribution is -0.130. The van der Waals surface area contributed by atoms with E-state index in [2.05, 4.69) is 0 Å². The number of rotatable bonds is 8. The average molecular weight is 437 g/mol. The van der Waals surface area contributed by atoms with Gasteiger partial charge in [-0.3, -0.25) is 9.10 Å². The topological polar surface area (TPSA) is 57.7 Å². The molecular formula is C25H28N2O3S. The first kappa shape index (κ1) is 22.6. The number of nitrogens with zero attached hydrogens (tertiary/aromatic N) is 2. The smallest absolute Gasteiger partial charge is 0.243 e. The Bertz CT molecular complexity index is 1090. The van der Waals surface area contributed by atoms with Crippen LogP contribution in [0.4, 0.5) is 5.69 Å². The second-order valence-corrected chi connectivity index (χ2v) is 9.69. The molecule has 1 amide bonds. The molecular weight excluding hydrogens is 408 g/mol. The molecule has 0 aliphatic heterocycles. The van der Waals surface area contributed by atoms with Crippen LogP contribution in [0, 0.1) is 13.8 Å². The van der Waals surface area contributed by atoms with Gasteiger partial charge in [0.15, 0.2) is 0 Å². The van der Waals surface area contributed by atoms with E-state index in [4.69, 9.17) is 0 Å². The molecule has 0 heterocycles. The van der Waals surface area contributed by atoms with Crippen molar-refractivity contribution < 1.29 is 13.2 Å². The number of amides is 1. The molecule has 5 nitrogen and oxygen atoms in total. The van der Waals surface area contributed by atoms with Gasteiger partial charge in [-0.15, -0.1) is 0 Å². The summed E-state index contributed by atoms with van der Waals surface area (Å²) in [6.07, 6.45) is 1.14. The van der Waals surface area contributed by atoms with Crippen molar-refractivity contribution in [3.8, 4) is 0 Å². The fraction of sp³-hybridized carbons (Fsp3) is 0.240. The van der Waals surface area contributed by atoms with Crippen LogP contribution in [0.3, 0.4) is 0 Å². The zero-order chi connectivity index (χ0) is 22.4. The van der Waals surface area contributed by atoms with Crippen LogP contribution in [0.2, 0.25) is 0 Å². The number of hydrogen-bond donors (Lipinski definition) is 0. The summed E-state index contributed by atoms with van der Waals surface area (Å²) in [6.45, 7) is 4.37. The van der Waals surface area contributed by atoms with Crippen molar-refractivity contribution in [1.82, 2.24) is 4.90 Å². The summed E-state index contributed by atoms with van der Waals surface area (Å²) in [6, 6.07) is 25.0. The van der Waals surface area contributed by atoms with Crippen LogP contribution in [0.25, 0.3) is 0 Å². The van der Waals surface area contributed by atoms with Gasteiger partial charge in [-0.25, -0.2) is 8.42 Å². The number of sulfonamides is 1. The van der Waals surface area contributed by atoms with Gasteiger partial charge < -0.3 is 4.90 Å². The molecule has 0 atom stereocenters. The van der Waals surface area contributed by atoms with E-state index >= 15 is 0 Å². The summed E-state index contributed by atoms with van der Waals surface area (Å²) < 4.78 is 26.4. The minimum atomic E-state index is -3.64. The molecule has 0 saturated heterocycles. The SMILES string of the molecule is Cc1ccc(N(CC(=O)N(Cc2ccccc2)Cc2ccccc2)S(C)(=O)=O)c(C)c1. The molecule has 0 fully saturated rings. The molecule has 6 heteroatoms. The molecule has 0 spiro atoms. The molecule has 0 aromatic heterocycles. The van der Waals surface area contributed by atoms with Crippen LogP contribution in [-0.4, -0.2) is 32.0 Å². The zero-order valence-corrected chi connectivity index (χ0v) is 19.0. The minimum absolute atomic E-state index is 0.248. The highest BCUT2D eigenvalue weighted by molar-refractivity contribution is 7.92.